The molecular formula is C23H23N3O4S. The topological polar surface area (TPSA) is 90.6 Å². The van der Waals surface area contributed by atoms with Crippen LogP contribution in [0.15, 0.2) is 58.2 Å². The molecule has 1 amide bonds. The summed E-state index contributed by atoms with van der Waals surface area (Å²) < 4.78 is 27.7. The van der Waals surface area contributed by atoms with E-state index in [1.54, 1.807) is 35.2 Å². The fourth-order valence-electron chi connectivity index (χ4n) is 4.54. The number of hydrogen-bond acceptors (Lipinski definition) is 4. The van der Waals surface area contributed by atoms with Gasteiger partial charge in [0.15, 0.2) is 0 Å². The molecule has 1 aliphatic carbocycles. The van der Waals surface area contributed by atoms with Gasteiger partial charge in [-0.05, 0) is 48.6 Å². The molecule has 2 aliphatic rings. The minimum absolute atomic E-state index is 0.228. The van der Waals surface area contributed by atoms with Crippen LogP contribution in [0.2, 0.25) is 0 Å². The molecule has 1 fully saturated rings. The number of benzene rings is 2. The maximum Gasteiger partial charge on any atom is 0.254 e. The Morgan fingerprint density at radius 2 is 1.65 bits per heavy atom. The number of carbonyl (C=O) groups is 1. The van der Waals surface area contributed by atoms with E-state index in [4.69, 9.17) is 0 Å². The highest BCUT2D eigenvalue weighted by atomic mass is 32.2. The average Bonchev–Trinajstić information content (AvgIpc) is 3.26. The molecule has 8 heteroatoms. The number of aromatic amines is 1. The van der Waals surface area contributed by atoms with Crippen molar-refractivity contribution in [2.75, 3.05) is 26.2 Å². The number of carbonyl (C=O) groups excluding carboxylic acids is 1. The number of pyridine rings is 1. The summed E-state index contributed by atoms with van der Waals surface area (Å²) in [6, 6.07) is 13.9. The van der Waals surface area contributed by atoms with Crippen molar-refractivity contribution in [3.63, 3.8) is 0 Å². The molecule has 5 rings (SSSR count). The number of amides is 1. The van der Waals surface area contributed by atoms with Crippen molar-refractivity contribution in [2.45, 2.75) is 24.2 Å². The second-order valence-corrected chi connectivity index (χ2v) is 10.0. The van der Waals surface area contributed by atoms with Crippen LogP contribution in [-0.4, -0.2) is 54.7 Å². The van der Waals surface area contributed by atoms with E-state index < -0.39 is 10.0 Å². The van der Waals surface area contributed by atoms with Gasteiger partial charge >= 0.3 is 0 Å². The number of piperazine rings is 1. The van der Waals surface area contributed by atoms with Gasteiger partial charge in [-0.25, -0.2) is 8.42 Å². The second-order valence-electron chi connectivity index (χ2n) is 8.07. The maximum atomic E-state index is 13.1. The Hall–Kier alpha value is -2.97. The zero-order valence-corrected chi connectivity index (χ0v) is 17.8. The first kappa shape index (κ1) is 20.0. The summed E-state index contributed by atoms with van der Waals surface area (Å²) in [4.78, 5) is 29.8. The largest absolute Gasteiger partial charge is 0.336 e. The average molecular weight is 438 g/mol. The van der Waals surface area contributed by atoms with Crippen LogP contribution in [0.25, 0.3) is 10.9 Å². The van der Waals surface area contributed by atoms with Gasteiger partial charge in [0.05, 0.1) is 10.5 Å². The Morgan fingerprint density at radius 3 is 2.45 bits per heavy atom. The molecule has 31 heavy (non-hydrogen) atoms. The third-order valence-electron chi connectivity index (χ3n) is 6.21. The normalized spacial score (nSPS) is 17.1. The number of rotatable bonds is 3. The van der Waals surface area contributed by atoms with E-state index in [2.05, 4.69) is 4.98 Å². The first-order chi connectivity index (χ1) is 14.9. The number of nitrogens with one attached hydrogen (secondary N) is 1. The van der Waals surface area contributed by atoms with Gasteiger partial charge < -0.3 is 9.88 Å². The lowest BCUT2D eigenvalue weighted by molar-refractivity contribution is 0.0699. The monoisotopic (exact) mass is 437 g/mol. The Balaban J connectivity index is 1.35. The number of nitrogens with zero attached hydrogens (tertiary/aromatic N) is 2. The van der Waals surface area contributed by atoms with Crippen LogP contribution in [0.4, 0.5) is 0 Å². The fraction of sp³-hybridized carbons (Fsp3) is 0.304. The third kappa shape index (κ3) is 3.55. The van der Waals surface area contributed by atoms with Gasteiger partial charge in [-0.1, -0.05) is 24.3 Å². The van der Waals surface area contributed by atoms with Crippen molar-refractivity contribution in [1.29, 1.82) is 0 Å². The summed E-state index contributed by atoms with van der Waals surface area (Å²) in [7, 11) is -3.60. The van der Waals surface area contributed by atoms with Crippen LogP contribution < -0.4 is 5.56 Å². The lowest BCUT2D eigenvalue weighted by Crippen LogP contribution is -2.50. The minimum Gasteiger partial charge on any atom is -0.336 e. The molecule has 0 atom stereocenters. The summed E-state index contributed by atoms with van der Waals surface area (Å²) in [6.07, 6.45) is 3.00. The highest BCUT2D eigenvalue weighted by Crippen LogP contribution is 2.27. The van der Waals surface area contributed by atoms with Crippen molar-refractivity contribution in [1.82, 2.24) is 14.2 Å². The van der Waals surface area contributed by atoms with Gasteiger partial charge in [-0.15, -0.1) is 0 Å². The zero-order valence-electron chi connectivity index (χ0n) is 17.0. The molecule has 0 saturated carbocycles. The van der Waals surface area contributed by atoms with Crippen LogP contribution >= 0.6 is 0 Å². The van der Waals surface area contributed by atoms with Gasteiger partial charge in [-0.3, -0.25) is 9.59 Å². The van der Waals surface area contributed by atoms with E-state index in [1.807, 2.05) is 12.1 Å². The van der Waals surface area contributed by atoms with E-state index in [0.29, 0.717) is 21.4 Å². The highest BCUT2D eigenvalue weighted by molar-refractivity contribution is 7.89. The van der Waals surface area contributed by atoms with Crippen molar-refractivity contribution in [3.8, 4) is 0 Å². The van der Waals surface area contributed by atoms with Crippen LogP contribution in [0.3, 0.4) is 0 Å². The molecule has 2 heterocycles. The van der Waals surface area contributed by atoms with Gasteiger partial charge in [0.2, 0.25) is 15.6 Å². The molecule has 1 saturated heterocycles. The van der Waals surface area contributed by atoms with E-state index in [0.717, 1.165) is 24.8 Å². The van der Waals surface area contributed by atoms with Crippen molar-refractivity contribution in [2.24, 2.45) is 0 Å². The smallest absolute Gasteiger partial charge is 0.254 e. The Bertz CT molecular complexity index is 1340. The molecule has 0 radical (unpaired) electrons. The van der Waals surface area contributed by atoms with Crippen LogP contribution in [0.5, 0.6) is 0 Å². The van der Waals surface area contributed by atoms with Crippen LogP contribution in [-0.2, 0) is 22.9 Å². The first-order valence-corrected chi connectivity index (χ1v) is 11.9. The standard InChI is InChI=1S/C23H23N3O4S/c27-22-15-20(19-6-1-2-7-21(19)24-22)23(28)25-10-12-26(13-11-25)31(29,30)18-9-8-16-4-3-5-17(16)14-18/h1-2,6-9,14-15H,3-5,10-13H2,(H,24,27). The Morgan fingerprint density at radius 1 is 0.903 bits per heavy atom. The number of sulfonamides is 1. The van der Waals surface area contributed by atoms with Crippen molar-refractivity contribution in [3.05, 3.63) is 75.6 Å². The number of hydrogen-bond donors (Lipinski definition) is 1. The molecule has 160 valence electrons. The third-order valence-corrected chi connectivity index (χ3v) is 8.11. The number of H-pyrrole nitrogens is 1. The molecule has 1 aromatic heterocycles. The summed E-state index contributed by atoms with van der Waals surface area (Å²) in [6.45, 7) is 1.02. The second kappa shape index (κ2) is 7.62. The van der Waals surface area contributed by atoms with Crippen molar-refractivity contribution < 1.29 is 13.2 Å². The van der Waals surface area contributed by atoms with Crippen LogP contribution in [0.1, 0.15) is 27.9 Å². The molecule has 0 unspecified atom stereocenters. The summed E-state index contributed by atoms with van der Waals surface area (Å²) in [5.41, 5.74) is 2.97. The molecule has 2 aromatic carbocycles. The molecule has 1 N–H and O–H groups in total. The molecule has 3 aromatic rings. The molecule has 0 spiro atoms. The van der Waals surface area contributed by atoms with E-state index >= 15 is 0 Å². The molecule has 0 bridgehead atoms. The predicted molar refractivity (Wildman–Crippen MR) is 118 cm³/mol. The summed E-state index contributed by atoms with van der Waals surface area (Å²) in [5, 5.41) is 0.681. The SMILES string of the molecule is O=C(c1cc(=O)[nH]c2ccccc12)N1CCN(S(=O)(=O)c2ccc3c(c2)CCC3)CC1. The molecular weight excluding hydrogens is 414 g/mol. The van der Waals surface area contributed by atoms with Gasteiger partial charge in [0.25, 0.3) is 5.91 Å². The highest BCUT2D eigenvalue weighted by Gasteiger charge is 2.31. The Labute approximate surface area is 180 Å². The fourth-order valence-corrected chi connectivity index (χ4v) is 6.01. The number of aromatic nitrogens is 1. The first-order valence-electron chi connectivity index (χ1n) is 10.5. The number of aryl methyl sites for hydroxylation is 2. The molecule has 7 nitrogen and oxygen atoms in total. The van der Waals surface area contributed by atoms with Crippen LogP contribution in [0, 0.1) is 0 Å². The lowest BCUT2D eigenvalue weighted by Gasteiger charge is -2.34. The van der Waals surface area contributed by atoms with Crippen molar-refractivity contribution >= 4 is 26.8 Å². The Kier molecular flexibility index (Phi) is 4.91. The number of fused-ring (bicyclic) bond motifs is 2. The zero-order chi connectivity index (χ0) is 21.6. The summed E-state index contributed by atoms with van der Waals surface area (Å²) >= 11 is 0. The molecule has 1 aliphatic heterocycles. The predicted octanol–water partition coefficient (Wildman–Crippen LogP) is 2.16. The summed E-state index contributed by atoms with van der Waals surface area (Å²) in [5.74, 6) is -0.253. The van der Waals surface area contributed by atoms with Gasteiger partial charge in [0, 0.05) is 43.1 Å². The van der Waals surface area contributed by atoms with Gasteiger partial charge in [-0.2, -0.15) is 4.31 Å². The van der Waals surface area contributed by atoms with E-state index in [-0.39, 0.29) is 37.6 Å². The quantitative estimate of drug-likeness (QED) is 0.680. The van der Waals surface area contributed by atoms with E-state index in [1.165, 1.54) is 15.9 Å². The van der Waals surface area contributed by atoms with E-state index in [9.17, 15) is 18.0 Å². The maximum absolute atomic E-state index is 13.1. The lowest BCUT2D eigenvalue weighted by atomic mass is 10.1. The minimum atomic E-state index is -3.60. The number of para-hydroxylation sites is 1. The van der Waals surface area contributed by atoms with Gasteiger partial charge in [0.1, 0.15) is 0 Å².